The number of alkyl halides is 1. The highest BCUT2D eigenvalue weighted by Gasteiger charge is 2.11. The lowest BCUT2D eigenvalue weighted by Crippen LogP contribution is -2.08. The minimum Gasteiger partial charge on any atom is -0.327 e. The van der Waals surface area contributed by atoms with Crippen LogP contribution < -0.4 is 0 Å². The van der Waals surface area contributed by atoms with Crippen LogP contribution in [0.3, 0.4) is 0 Å². The van der Waals surface area contributed by atoms with E-state index in [4.69, 9.17) is 11.6 Å². The Morgan fingerprint density at radius 2 is 2.14 bits per heavy atom. The summed E-state index contributed by atoms with van der Waals surface area (Å²) in [6.07, 6.45) is 3.25. The van der Waals surface area contributed by atoms with Crippen LogP contribution in [0.4, 0.5) is 0 Å². The predicted octanol–water partition coefficient (Wildman–Crippen LogP) is 2.95. The molecule has 0 amide bonds. The molecular formula is C14H15BrClN5. The topological polar surface area (TPSA) is 48.5 Å². The summed E-state index contributed by atoms with van der Waals surface area (Å²) in [7, 11) is 1.87. The van der Waals surface area contributed by atoms with Crippen molar-refractivity contribution in [2.75, 3.05) is 5.88 Å². The standard InChI is InChI=1S/C14H15BrClN5/c1-20-9-17-13(19-20)5-7-21-12-8-10(15)2-3-11(12)18-14(21)4-6-16/h2-3,8-9H,4-7H2,1H3. The normalized spacial score (nSPS) is 11.4. The quantitative estimate of drug-likeness (QED) is 0.651. The van der Waals surface area contributed by atoms with Crippen LogP contribution in [-0.2, 0) is 26.4 Å². The second-order valence-electron chi connectivity index (χ2n) is 4.84. The third-order valence-electron chi connectivity index (χ3n) is 3.31. The molecule has 0 aliphatic rings. The van der Waals surface area contributed by atoms with Gasteiger partial charge >= 0.3 is 0 Å². The molecule has 0 atom stereocenters. The van der Waals surface area contributed by atoms with Gasteiger partial charge in [-0.1, -0.05) is 15.9 Å². The molecule has 5 nitrogen and oxygen atoms in total. The third kappa shape index (κ3) is 3.11. The van der Waals surface area contributed by atoms with Gasteiger partial charge in [-0.2, -0.15) is 5.10 Å². The van der Waals surface area contributed by atoms with Crippen molar-refractivity contribution in [3.05, 3.63) is 40.6 Å². The zero-order valence-electron chi connectivity index (χ0n) is 11.6. The number of nitrogens with zero attached hydrogens (tertiary/aromatic N) is 5. The van der Waals surface area contributed by atoms with Crippen molar-refractivity contribution in [1.29, 1.82) is 0 Å². The van der Waals surface area contributed by atoms with Crippen LogP contribution in [0, 0.1) is 0 Å². The lowest BCUT2D eigenvalue weighted by atomic mass is 10.3. The minimum absolute atomic E-state index is 0.562. The summed E-state index contributed by atoms with van der Waals surface area (Å²) in [4.78, 5) is 8.94. The Hall–Kier alpha value is -1.40. The number of aromatic nitrogens is 5. The molecule has 0 radical (unpaired) electrons. The molecule has 0 bridgehead atoms. The smallest absolute Gasteiger partial charge is 0.152 e. The number of hydrogen-bond donors (Lipinski definition) is 0. The van der Waals surface area contributed by atoms with Gasteiger partial charge in [0, 0.05) is 36.8 Å². The van der Waals surface area contributed by atoms with E-state index in [1.807, 2.05) is 19.2 Å². The van der Waals surface area contributed by atoms with Crippen LogP contribution in [0.2, 0.25) is 0 Å². The molecule has 0 fully saturated rings. The van der Waals surface area contributed by atoms with Crippen molar-refractivity contribution in [3.8, 4) is 0 Å². The van der Waals surface area contributed by atoms with E-state index in [2.05, 4.69) is 41.6 Å². The van der Waals surface area contributed by atoms with E-state index in [1.54, 1.807) is 11.0 Å². The number of imidazole rings is 1. The maximum Gasteiger partial charge on any atom is 0.152 e. The van der Waals surface area contributed by atoms with Gasteiger partial charge in [0.2, 0.25) is 0 Å². The Morgan fingerprint density at radius 3 is 2.86 bits per heavy atom. The maximum atomic E-state index is 5.90. The van der Waals surface area contributed by atoms with Crippen molar-refractivity contribution in [2.45, 2.75) is 19.4 Å². The largest absolute Gasteiger partial charge is 0.327 e. The highest BCUT2D eigenvalue weighted by molar-refractivity contribution is 9.10. The fourth-order valence-corrected chi connectivity index (χ4v) is 2.90. The van der Waals surface area contributed by atoms with Crippen molar-refractivity contribution in [3.63, 3.8) is 0 Å². The maximum absolute atomic E-state index is 5.90. The summed E-state index contributed by atoms with van der Waals surface area (Å²) in [5.74, 6) is 2.41. The summed E-state index contributed by atoms with van der Waals surface area (Å²) >= 11 is 9.42. The number of rotatable bonds is 5. The Bertz CT molecular complexity index is 764. The van der Waals surface area contributed by atoms with E-state index < -0.39 is 0 Å². The highest BCUT2D eigenvalue weighted by atomic mass is 79.9. The van der Waals surface area contributed by atoms with Crippen LogP contribution >= 0.6 is 27.5 Å². The molecular weight excluding hydrogens is 354 g/mol. The third-order valence-corrected chi connectivity index (χ3v) is 4.00. The van der Waals surface area contributed by atoms with E-state index in [1.165, 1.54) is 0 Å². The summed E-state index contributed by atoms with van der Waals surface area (Å²) in [5.41, 5.74) is 2.10. The van der Waals surface area contributed by atoms with Crippen LogP contribution in [0.1, 0.15) is 11.6 Å². The summed E-state index contributed by atoms with van der Waals surface area (Å²) in [6.45, 7) is 0.795. The van der Waals surface area contributed by atoms with Gasteiger partial charge in [0.05, 0.1) is 11.0 Å². The second kappa shape index (κ2) is 6.15. The van der Waals surface area contributed by atoms with Gasteiger partial charge in [-0.05, 0) is 18.2 Å². The highest BCUT2D eigenvalue weighted by Crippen LogP contribution is 2.22. The average Bonchev–Trinajstić information content (AvgIpc) is 3.01. The molecule has 0 saturated heterocycles. The summed E-state index contributed by atoms with van der Waals surface area (Å²) < 4.78 is 4.97. The molecule has 3 aromatic rings. The molecule has 1 aromatic carbocycles. The SMILES string of the molecule is Cn1cnc(CCn2c(CCCl)nc3ccc(Br)cc32)n1. The monoisotopic (exact) mass is 367 g/mol. The molecule has 0 N–H and O–H groups in total. The van der Waals surface area contributed by atoms with Crippen LogP contribution in [0.5, 0.6) is 0 Å². The zero-order chi connectivity index (χ0) is 14.8. The first-order chi connectivity index (χ1) is 10.2. The van der Waals surface area contributed by atoms with E-state index in [0.717, 1.165) is 46.5 Å². The van der Waals surface area contributed by atoms with E-state index >= 15 is 0 Å². The Morgan fingerprint density at radius 1 is 1.29 bits per heavy atom. The average molecular weight is 369 g/mol. The van der Waals surface area contributed by atoms with Crippen molar-refractivity contribution >= 4 is 38.6 Å². The number of halogens is 2. The molecule has 0 spiro atoms. The van der Waals surface area contributed by atoms with E-state index in [9.17, 15) is 0 Å². The van der Waals surface area contributed by atoms with Gasteiger partial charge in [-0.25, -0.2) is 9.97 Å². The van der Waals surface area contributed by atoms with Gasteiger partial charge in [0.25, 0.3) is 0 Å². The predicted molar refractivity (Wildman–Crippen MR) is 86.6 cm³/mol. The van der Waals surface area contributed by atoms with Crippen molar-refractivity contribution < 1.29 is 0 Å². The molecule has 21 heavy (non-hydrogen) atoms. The Balaban J connectivity index is 1.94. The van der Waals surface area contributed by atoms with Gasteiger partial charge in [0.1, 0.15) is 12.2 Å². The first-order valence-electron chi connectivity index (χ1n) is 6.72. The molecule has 0 saturated carbocycles. The molecule has 0 aliphatic heterocycles. The van der Waals surface area contributed by atoms with Crippen LogP contribution in [0.15, 0.2) is 29.0 Å². The first kappa shape index (κ1) is 14.5. The molecule has 3 rings (SSSR count). The minimum atomic E-state index is 0.562. The number of benzene rings is 1. The van der Waals surface area contributed by atoms with E-state index in [-0.39, 0.29) is 0 Å². The first-order valence-corrected chi connectivity index (χ1v) is 8.05. The molecule has 0 unspecified atom stereocenters. The zero-order valence-corrected chi connectivity index (χ0v) is 14.0. The molecule has 2 aromatic heterocycles. The van der Waals surface area contributed by atoms with Gasteiger partial charge in [-0.15, -0.1) is 11.6 Å². The summed E-state index contributed by atoms with van der Waals surface area (Å²) in [6, 6.07) is 6.11. The number of fused-ring (bicyclic) bond motifs is 1. The van der Waals surface area contributed by atoms with Crippen LogP contribution in [-0.4, -0.2) is 30.2 Å². The lowest BCUT2D eigenvalue weighted by molar-refractivity contribution is 0.646. The summed E-state index contributed by atoms with van der Waals surface area (Å²) in [5, 5.41) is 4.32. The van der Waals surface area contributed by atoms with Gasteiger partial charge in [0.15, 0.2) is 5.82 Å². The Labute approximate surface area is 136 Å². The molecule has 0 aliphatic carbocycles. The van der Waals surface area contributed by atoms with Gasteiger partial charge < -0.3 is 4.57 Å². The fourth-order valence-electron chi connectivity index (χ4n) is 2.38. The van der Waals surface area contributed by atoms with E-state index in [0.29, 0.717) is 5.88 Å². The van der Waals surface area contributed by atoms with Gasteiger partial charge in [-0.3, -0.25) is 4.68 Å². The fraction of sp³-hybridized carbons (Fsp3) is 0.357. The Kier molecular flexibility index (Phi) is 4.26. The molecule has 2 heterocycles. The van der Waals surface area contributed by atoms with Crippen LogP contribution in [0.25, 0.3) is 11.0 Å². The van der Waals surface area contributed by atoms with Crippen molar-refractivity contribution in [2.24, 2.45) is 7.05 Å². The molecule has 110 valence electrons. The van der Waals surface area contributed by atoms with Crippen molar-refractivity contribution in [1.82, 2.24) is 24.3 Å². The second-order valence-corrected chi connectivity index (χ2v) is 6.13. The number of hydrogen-bond acceptors (Lipinski definition) is 3. The lowest BCUT2D eigenvalue weighted by Gasteiger charge is -2.07. The number of aryl methyl sites for hydroxylation is 4. The molecule has 7 heteroatoms.